The minimum absolute atomic E-state index is 0.163. The van der Waals surface area contributed by atoms with Gasteiger partial charge in [-0.05, 0) is 20.3 Å². The van der Waals surface area contributed by atoms with Crippen molar-refractivity contribution in [1.82, 2.24) is 0 Å². The molecule has 7 heteroatoms. The largest absolute Gasteiger partial charge is 0.400 e. The first-order valence-corrected chi connectivity index (χ1v) is 5.50. The van der Waals surface area contributed by atoms with E-state index in [-0.39, 0.29) is 6.61 Å². The summed E-state index contributed by atoms with van der Waals surface area (Å²) in [7, 11) is 1.54. The van der Waals surface area contributed by atoms with Crippen LogP contribution >= 0.6 is 12.2 Å². The van der Waals surface area contributed by atoms with Gasteiger partial charge in [-0.15, -0.1) is 0 Å². The molecule has 0 radical (unpaired) electrons. The van der Waals surface area contributed by atoms with Crippen LogP contribution in [0.5, 0.6) is 0 Å². The summed E-state index contributed by atoms with van der Waals surface area (Å²) in [5.74, 6) is -1.89. The van der Waals surface area contributed by atoms with Gasteiger partial charge in [-0.25, -0.2) is 0 Å². The number of ether oxygens (including phenoxy) is 2. The fourth-order valence-electron chi connectivity index (χ4n) is 0.959. The summed E-state index contributed by atoms with van der Waals surface area (Å²) in [6, 6.07) is 0. The van der Waals surface area contributed by atoms with Crippen LogP contribution in [0.3, 0.4) is 0 Å². The Balaban J connectivity index is 4.05. The average molecular weight is 273 g/mol. The molecule has 2 N–H and O–H groups in total. The molecule has 17 heavy (non-hydrogen) atoms. The molecule has 0 bridgehead atoms. The smallest absolute Gasteiger partial charge is 0.393 e. The van der Waals surface area contributed by atoms with E-state index in [1.54, 1.807) is 0 Å². The molecule has 0 aromatic heterocycles. The van der Waals surface area contributed by atoms with Gasteiger partial charge >= 0.3 is 6.18 Å². The second-order valence-corrected chi connectivity index (χ2v) is 4.76. The molecule has 0 rings (SSSR count). The highest BCUT2D eigenvalue weighted by atomic mass is 32.1. The fraction of sp³-hybridized carbons (Fsp3) is 0.900. The summed E-state index contributed by atoms with van der Waals surface area (Å²) in [6.45, 7) is 3.27. The lowest BCUT2D eigenvalue weighted by Crippen LogP contribution is -2.38. The third kappa shape index (κ3) is 6.80. The number of thiocarbonyl (C=S) groups is 1. The lowest BCUT2D eigenvalue weighted by molar-refractivity contribution is -0.168. The van der Waals surface area contributed by atoms with Gasteiger partial charge in [0.05, 0.1) is 17.2 Å². The molecule has 0 aromatic rings. The molecule has 3 nitrogen and oxygen atoms in total. The van der Waals surface area contributed by atoms with Crippen molar-refractivity contribution < 1.29 is 22.6 Å². The van der Waals surface area contributed by atoms with E-state index in [2.05, 4.69) is 12.2 Å². The molecule has 1 atom stereocenters. The van der Waals surface area contributed by atoms with Crippen LogP contribution in [-0.2, 0) is 9.47 Å². The zero-order valence-electron chi connectivity index (χ0n) is 10.1. The van der Waals surface area contributed by atoms with E-state index in [0.29, 0.717) is 6.42 Å². The number of hydrogen-bond acceptors (Lipinski definition) is 3. The molecule has 0 saturated carbocycles. The highest BCUT2D eigenvalue weighted by Gasteiger charge is 2.41. The quantitative estimate of drug-likeness (QED) is 0.571. The molecule has 0 saturated heterocycles. The fourth-order valence-corrected chi connectivity index (χ4v) is 1.16. The summed E-state index contributed by atoms with van der Waals surface area (Å²) < 4.78 is 47.3. The van der Waals surface area contributed by atoms with Crippen molar-refractivity contribution in [3.05, 3.63) is 0 Å². The van der Waals surface area contributed by atoms with Crippen molar-refractivity contribution in [2.45, 2.75) is 32.0 Å². The lowest BCUT2D eigenvalue weighted by atomic mass is 10.1. The summed E-state index contributed by atoms with van der Waals surface area (Å²) in [5, 5.41) is 0. The average Bonchev–Trinajstić information content (AvgIpc) is 2.14. The Hall–Kier alpha value is -0.400. The second kappa shape index (κ2) is 6.51. The molecule has 0 fully saturated rings. The molecule has 102 valence electrons. The van der Waals surface area contributed by atoms with Crippen molar-refractivity contribution in [3.63, 3.8) is 0 Å². The minimum Gasteiger partial charge on any atom is -0.393 e. The van der Waals surface area contributed by atoms with Gasteiger partial charge < -0.3 is 15.2 Å². The number of halogens is 3. The van der Waals surface area contributed by atoms with Crippen LogP contribution in [0.15, 0.2) is 0 Å². The van der Waals surface area contributed by atoms with Crippen molar-refractivity contribution >= 4 is 17.2 Å². The monoisotopic (exact) mass is 273 g/mol. The zero-order valence-corrected chi connectivity index (χ0v) is 11.0. The molecule has 0 aliphatic carbocycles. The van der Waals surface area contributed by atoms with Gasteiger partial charge in [0.2, 0.25) is 0 Å². The van der Waals surface area contributed by atoms with Gasteiger partial charge in [0.1, 0.15) is 5.92 Å². The van der Waals surface area contributed by atoms with Gasteiger partial charge in [0.15, 0.2) is 0 Å². The van der Waals surface area contributed by atoms with Gasteiger partial charge in [-0.2, -0.15) is 13.2 Å². The van der Waals surface area contributed by atoms with Crippen molar-refractivity contribution in [3.8, 4) is 0 Å². The van der Waals surface area contributed by atoms with Gasteiger partial charge in [-0.3, -0.25) is 0 Å². The molecule has 0 amide bonds. The van der Waals surface area contributed by atoms with Gasteiger partial charge in [-0.1, -0.05) is 12.2 Å². The summed E-state index contributed by atoms with van der Waals surface area (Å²) in [4.78, 5) is -0.594. The lowest BCUT2D eigenvalue weighted by Gasteiger charge is -2.24. The predicted octanol–water partition coefficient (Wildman–Crippen LogP) is 2.28. The van der Waals surface area contributed by atoms with Crippen LogP contribution < -0.4 is 5.73 Å². The first-order chi connectivity index (χ1) is 7.60. The Kier molecular flexibility index (Phi) is 6.36. The van der Waals surface area contributed by atoms with Crippen LogP contribution in [0.2, 0.25) is 0 Å². The summed E-state index contributed by atoms with van der Waals surface area (Å²) in [5.41, 5.74) is 4.60. The minimum atomic E-state index is -4.46. The third-order valence-electron chi connectivity index (χ3n) is 2.42. The zero-order chi connectivity index (χ0) is 13.7. The standard InChI is InChI=1S/C10H18F3NO2S/c1-9(2,15-3)4-5-16-6-7(8(14)17)10(11,12)13/h7H,4-6H2,1-3H3,(H2,14,17). The Morgan fingerprint density at radius 1 is 1.35 bits per heavy atom. The van der Waals surface area contributed by atoms with E-state index < -0.39 is 29.3 Å². The third-order valence-corrected chi connectivity index (χ3v) is 2.71. The van der Waals surface area contributed by atoms with Crippen LogP contribution in [0, 0.1) is 5.92 Å². The molecule has 0 spiro atoms. The van der Waals surface area contributed by atoms with Crippen LogP contribution in [0.4, 0.5) is 13.2 Å². The molecule has 1 unspecified atom stereocenters. The summed E-state index contributed by atoms with van der Waals surface area (Å²) >= 11 is 4.36. The number of methoxy groups -OCH3 is 1. The first kappa shape index (κ1) is 16.6. The number of alkyl halides is 3. The van der Waals surface area contributed by atoms with Crippen molar-refractivity contribution in [2.24, 2.45) is 11.7 Å². The van der Waals surface area contributed by atoms with E-state index in [4.69, 9.17) is 15.2 Å². The van der Waals surface area contributed by atoms with E-state index in [0.717, 1.165) is 0 Å². The van der Waals surface area contributed by atoms with E-state index >= 15 is 0 Å². The molecule has 0 aliphatic rings. The van der Waals surface area contributed by atoms with Gasteiger partial charge in [0.25, 0.3) is 0 Å². The number of hydrogen-bond donors (Lipinski definition) is 1. The number of nitrogens with two attached hydrogens (primary N) is 1. The maximum atomic E-state index is 12.4. The predicted molar refractivity (Wildman–Crippen MR) is 62.9 cm³/mol. The Labute approximate surface area is 104 Å². The van der Waals surface area contributed by atoms with Crippen molar-refractivity contribution in [2.75, 3.05) is 20.3 Å². The maximum absolute atomic E-state index is 12.4. The first-order valence-electron chi connectivity index (χ1n) is 5.09. The van der Waals surface area contributed by atoms with Gasteiger partial charge in [0, 0.05) is 13.7 Å². The molecular formula is C10H18F3NO2S. The van der Waals surface area contributed by atoms with Crippen LogP contribution in [0.1, 0.15) is 20.3 Å². The second-order valence-electron chi connectivity index (χ2n) is 4.29. The van der Waals surface area contributed by atoms with E-state index in [9.17, 15) is 13.2 Å². The molecule has 0 aromatic carbocycles. The SMILES string of the molecule is COC(C)(C)CCOCC(C(N)=S)C(F)(F)F. The van der Waals surface area contributed by atoms with Crippen LogP contribution in [0.25, 0.3) is 0 Å². The topological polar surface area (TPSA) is 44.5 Å². The Morgan fingerprint density at radius 3 is 2.24 bits per heavy atom. The molecule has 0 heterocycles. The summed E-state index contributed by atoms with van der Waals surface area (Å²) in [6.07, 6.45) is -3.96. The van der Waals surface area contributed by atoms with E-state index in [1.807, 2.05) is 13.8 Å². The van der Waals surface area contributed by atoms with E-state index in [1.165, 1.54) is 7.11 Å². The molecular weight excluding hydrogens is 255 g/mol. The van der Waals surface area contributed by atoms with Crippen LogP contribution in [-0.4, -0.2) is 37.1 Å². The highest BCUT2D eigenvalue weighted by molar-refractivity contribution is 7.80. The Morgan fingerprint density at radius 2 is 1.88 bits per heavy atom. The Bertz CT molecular complexity index is 256. The highest BCUT2D eigenvalue weighted by Crippen LogP contribution is 2.27. The molecule has 0 aliphatic heterocycles. The maximum Gasteiger partial charge on any atom is 0.400 e. The van der Waals surface area contributed by atoms with Crippen molar-refractivity contribution in [1.29, 1.82) is 0 Å². The normalized spacial score (nSPS) is 14.7. The number of rotatable bonds is 7.